The van der Waals surface area contributed by atoms with Crippen molar-refractivity contribution in [1.82, 2.24) is 9.97 Å². The normalized spacial score (nSPS) is 12.5. The predicted molar refractivity (Wildman–Crippen MR) is 56.6 cm³/mol. The Morgan fingerprint density at radius 3 is 3.00 bits per heavy atom. The van der Waals surface area contributed by atoms with E-state index in [-0.39, 0.29) is 0 Å². The highest BCUT2D eigenvalue weighted by atomic mass is 35.5. The summed E-state index contributed by atoms with van der Waals surface area (Å²) in [6.45, 7) is 2.78. The summed E-state index contributed by atoms with van der Waals surface area (Å²) in [6.07, 6.45) is 4.08. The number of hydrogen-bond acceptors (Lipinski definition) is 4. The number of aromatic nitrogens is 2. The van der Waals surface area contributed by atoms with Crippen LogP contribution in [0.5, 0.6) is 0 Å². The SMILES string of the molecule is COCCC(C)Nc1cncc(Cl)n1. The highest BCUT2D eigenvalue weighted by Gasteiger charge is 2.02. The van der Waals surface area contributed by atoms with Crippen LogP contribution in [0.25, 0.3) is 0 Å². The van der Waals surface area contributed by atoms with Crippen LogP contribution in [0.15, 0.2) is 12.4 Å². The molecule has 0 aromatic carbocycles. The van der Waals surface area contributed by atoms with Crippen molar-refractivity contribution in [2.24, 2.45) is 0 Å². The molecule has 1 unspecified atom stereocenters. The van der Waals surface area contributed by atoms with Crippen molar-refractivity contribution < 1.29 is 4.74 Å². The van der Waals surface area contributed by atoms with Crippen molar-refractivity contribution in [2.75, 3.05) is 19.0 Å². The molecule has 14 heavy (non-hydrogen) atoms. The Bertz CT molecular complexity index is 283. The fourth-order valence-corrected chi connectivity index (χ4v) is 1.18. The van der Waals surface area contributed by atoms with E-state index >= 15 is 0 Å². The number of anilines is 1. The lowest BCUT2D eigenvalue weighted by Gasteiger charge is -2.13. The maximum absolute atomic E-state index is 5.69. The predicted octanol–water partition coefficient (Wildman–Crippen LogP) is 1.97. The maximum atomic E-state index is 5.69. The van der Waals surface area contributed by atoms with Crippen LogP contribution in [-0.4, -0.2) is 29.7 Å². The summed E-state index contributed by atoms with van der Waals surface area (Å²) in [6, 6.07) is 0.294. The highest BCUT2D eigenvalue weighted by molar-refractivity contribution is 6.29. The monoisotopic (exact) mass is 215 g/mol. The standard InChI is InChI=1S/C9H14ClN3O/c1-7(3-4-14-2)12-9-6-11-5-8(10)13-9/h5-7H,3-4H2,1-2H3,(H,12,13). The van der Waals surface area contributed by atoms with Gasteiger partial charge in [-0.25, -0.2) is 4.98 Å². The number of ether oxygens (including phenoxy) is 1. The second-order valence-electron chi connectivity index (χ2n) is 3.05. The zero-order valence-electron chi connectivity index (χ0n) is 8.33. The van der Waals surface area contributed by atoms with Crippen LogP contribution >= 0.6 is 11.6 Å². The molecule has 1 aromatic heterocycles. The zero-order valence-corrected chi connectivity index (χ0v) is 9.08. The second-order valence-corrected chi connectivity index (χ2v) is 3.44. The van der Waals surface area contributed by atoms with E-state index in [4.69, 9.17) is 16.3 Å². The third kappa shape index (κ3) is 3.89. The van der Waals surface area contributed by atoms with Gasteiger partial charge in [0.2, 0.25) is 0 Å². The van der Waals surface area contributed by atoms with E-state index < -0.39 is 0 Å². The molecule has 1 atom stereocenters. The second kappa shape index (κ2) is 5.78. The molecule has 0 radical (unpaired) electrons. The van der Waals surface area contributed by atoms with Gasteiger partial charge < -0.3 is 10.1 Å². The average molecular weight is 216 g/mol. The molecule has 0 aliphatic rings. The zero-order chi connectivity index (χ0) is 10.4. The van der Waals surface area contributed by atoms with Crippen LogP contribution in [0.4, 0.5) is 5.82 Å². The molecular formula is C9H14ClN3O. The van der Waals surface area contributed by atoms with Gasteiger partial charge in [-0.3, -0.25) is 4.98 Å². The first kappa shape index (κ1) is 11.2. The Morgan fingerprint density at radius 2 is 2.36 bits per heavy atom. The summed E-state index contributed by atoms with van der Waals surface area (Å²) in [5.74, 6) is 0.695. The highest BCUT2D eigenvalue weighted by Crippen LogP contribution is 2.08. The molecule has 4 nitrogen and oxygen atoms in total. The molecule has 0 aliphatic carbocycles. The number of rotatable bonds is 5. The van der Waals surface area contributed by atoms with E-state index in [1.807, 2.05) is 0 Å². The Labute approximate surface area is 88.7 Å². The molecular weight excluding hydrogens is 202 g/mol. The first-order valence-corrected chi connectivity index (χ1v) is 4.83. The van der Waals surface area contributed by atoms with Gasteiger partial charge in [0.1, 0.15) is 11.0 Å². The van der Waals surface area contributed by atoms with Crippen molar-refractivity contribution in [3.8, 4) is 0 Å². The van der Waals surface area contributed by atoms with Crippen LogP contribution in [-0.2, 0) is 4.74 Å². The molecule has 0 aliphatic heterocycles. The summed E-state index contributed by atoms with van der Waals surface area (Å²) < 4.78 is 4.97. The number of nitrogens with one attached hydrogen (secondary N) is 1. The topological polar surface area (TPSA) is 47.0 Å². The largest absolute Gasteiger partial charge is 0.385 e. The summed E-state index contributed by atoms with van der Waals surface area (Å²) >= 11 is 5.69. The minimum absolute atomic E-state index is 0.294. The smallest absolute Gasteiger partial charge is 0.149 e. The average Bonchev–Trinajstić information content (AvgIpc) is 2.15. The number of methoxy groups -OCH3 is 1. The van der Waals surface area contributed by atoms with Gasteiger partial charge in [-0.2, -0.15) is 0 Å². The van der Waals surface area contributed by atoms with Gasteiger partial charge in [0.25, 0.3) is 0 Å². The van der Waals surface area contributed by atoms with Gasteiger partial charge in [-0.1, -0.05) is 11.6 Å². The summed E-state index contributed by atoms with van der Waals surface area (Å²) in [5.41, 5.74) is 0. The third-order valence-corrected chi connectivity index (χ3v) is 1.94. The molecule has 1 N–H and O–H groups in total. The summed E-state index contributed by atoms with van der Waals surface area (Å²) in [4.78, 5) is 8.00. The van der Waals surface area contributed by atoms with E-state index in [2.05, 4.69) is 22.2 Å². The quantitative estimate of drug-likeness (QED) is 0.816. The van der Waals surface area contributed by atoms with Crippen LogP contribution in [0.3, 0.4) is 0 Å². The van der Waals surface area contributed by atoms with Crippen molar-refractivity contribution in [3.63, 3.8) is 0 Å². The van der Waals surface area contributed by atoms with Crippen LogP contribution in [0.1, 0.15) is 13.3 Å². The van der Waals surface area contributed by atoms with Crippen LogP contribution in [0, 0.1) is 0 Å². The van der Waals surface area contributed by atoms with Crippen molar-refractivity contribution >= 4 is 17.4 Å². The molecule has 0 fully saturated rings. The lowest BCUT2D eigenvalue weighted by atomic mass is 10.2. The number of halogens is 1. The fraction of sp³-hybridized carbons (Fsp3) is 0.556. The van der Waals surface area contributed by atoms with E-state index in [0.717, 1.165) is 13.0 Å². The van der Waals surface area contributed by atoms with E-state index in [0.29, 0.717) is 17.0 Å². The molecule has 0 saturated carbocycles. The van der Waals surface area contributed by atoms with Gasteiger partial charge in [-0.05, 0) is 13.3 Å². The van der Waals surface area contributed by atoms with Crippen LogP contribution in [0.2, 0.25) is 5.15 Å². The maximum Gasteiger partial charge on any atom is 0.149 e. The third-order valence-electron chi connectivity index (χ3n) is 1.75. The molecule has 5 heteroatoms. The lowest BCUT2D eigenvalue weighted by molar-refractivity contribution is 0.191. The Hall–Kier alpha value is -0.870. The fourth-order valence-electron chi connectivity index (χ4n) is 1.03. The van der Waals surface area contributed by atoms with E-state index in [9.17, 15) is 0 Å². The van der Waals surface area contributed by atoms with Gasteiger partial charge in [-0.15, -0.1) is 0 Å². The molecule has 1 heterocycles. The summed E-state index contributed by atoms with van der Waals surface area (Å²) in [5, 5.41) is 3.58. The van der Waals surface area contributed by atoms with Crippen molar-refractivity contribution in [3.05, 3.63) is 17.5 Å². The molecule has 0 spiro atoms. The summed E-state index contributed by atoms with van der Waals surface area (Å²) in [7, 11) is 1.69. The Balaban J connectivity index is 2.43. The van der Waals surface area contributed by atoms with Crippen molar-refractivity contribution in [2.45, 2.75) is 19.4 Å². The molecule has 0 saturated heterocycles. The molecule has 1 rings (SSSR count). The molecule has 78 valence electrons. The molecule has 1 aromatic rings. The first-order chi connectivity index (χ1) is 6.72. The van der Waals surface area contributed by atoms with Gasteiger partial charge in [0.05, 0.1) is 12.4 Å². The molecule has 0 bridgehead atoms. The van der Waals surface area contributed by atoms with Gasteiger partial charge in [0, 0.05) is 19.8 Å². The number of nitrogens with zero attached hydrogens (tertiary/aromatic N) is 2. The van der Waals surface area contributed by atoms with Crippen molar-refractivity contribution in [1.29, 1.82) is 0 Å². The van der Waals surface area contributed by atoms with E-state index in [1.54, 1.807) is 13.3 Å². The minimum atomic E-state index is 0.294. The van der Waals surface area contributed by atoms with Gasteiger partial charge >= 0.3 is 0 Å². The Kier molecular flexibility index (Phi) is 4.62. The minimum Gasteiger partial charge on any atom is -0.385 e. The molecule has 0 amide bonds. The first-order valence-electron chi connectivity index (χ1n) is 4.45. The van der Waals surface area contributed by atoms with E-state index in [1.165, 1.54) is 6.20 Å². The number of hydrogen-bond donors (Lipinski definition) is 1. The lowest BCUT2D eigenvalue weighted by Crippen LogP contribution is -2.18. The van der Waals surface area contributed by atoms with Crippen LogP contribution < -0.4 is 5.32 Å². The van der Waals surface area contributed by atoms with Gasteiger partial charge in [0.15, 0.2) is 0 Å². The Morgan fingerprint density at radius 1 is 1.57 bits per heavy atom.